The molecule has 0 radical (unpaired) electrons. The lowest BCUT2D eigenvalue weighted by Crippen LogP contribution is -2.23. The Labute approximate surface area is 80.1 Å². The molecule has 0 amide bonds. The molecule has 14 heavy (non-hydrogen) atoms. The van der Waals surface area contributed by atoms with Crippen molar-refractivity contribution >= 4 is 15.8 Å². The second kappa shape index (κ2) is 2.81. The number of carbonyl (C=O) groups is 1. The molecule has 0 spiro atoms. The summed E-state index contributed by atoms with van der Waals surface area (Å²) in [4.78, 5) is 14.3. The van der Waals surface area contributed by atoms with E-state index in [2.05, 4.69) is 4.98 Å². The molecule has 1 N–H and O–H groups in total. The minimum absolute atomic E-state index is 0.0510. The maximum atomic E-state index is 11.2. The molecular formula is C7H8N2O4S. The smallest absolute Gasteiger partial charge is 0.356 e. The summed E-state index contributed by atoms with van der Waals surface area (Å²) >= 11 is 0. The SMILES string of the molecule is O=C(O)c1cn2c(n1)CS(=O)(=O)CC2. The number of aryl methyl sites for hydroxylation is 1. The standard InChI is InChI=1S/C7H8N2O4S/c10-7(11)5-3-9-1-2-14(12,13)4-6(9)8-5/h3H,1-2,4H2,(H,10,11). The van der Waals surface area contributed by atoms with Gasteiger partial charge in [-0.15, -0.1) is 0 Å². The van der Waals surface area contributed by atoms with Crippen LogP contribution < -0.4 is 0 Å². The summed E-state index contributed by atoms with van der Waals surface area (Å²) in [5.74, 6) is -0.937. The van der Waals surface area contributed by atoms with Gasteiger partial charge in [-0.1, -0.05) is 0 Å². The van der Waals surface area contributed by atoms with Crippen molar-refractivity contribution in [3.63, 3.8) is 0 Å². The molecule has 0 atom stereocenters. The van der Waals surface area contributed by atoms with Gasteiger partial charge in [-0.25, -0.2) is 18.2 Å². The Kier molecular flexibility index (Phi) is 1.84. The van der Waals surface area contributed by atoms with E-state index in [0.717, 1.165) is 0 Å². The van der Waals surface area contributed by atoms with Crippen molar-refractivity contribution in [3.8, 4) is 0 Å². The Morgan fingerprint density at radius 1 is 1.57 bits per heavy atom. The highest BCUT2D eigenvalue weighted by atomic mass is 32.2. The van der Waals surface area contributed by atoms with E-state index in [-0.39, 0.29) is 23.7 Å². The molecule has 0 saturated carbocycles. The lowest BCUT2D eigenvalue weighted by molar-refractivity contribution is 0.0691. The molecule has 0 bridgehead atoms. The molecule has 0 saturated heterocycles. The van der Waals surface area contributed by atoms with Gasteiger partial charge in [0.1, 0.15) is 11.6 Å². The van der Waals surface area contributed by atoms with Crippen LogP contribution in [0.1, 0.15) is 16.3 Å². The third-order valence-corrected chi connectivity index (χ3v) is 3.57. The monoisotopic (exact) mass is 216 g/mol. The number of sulfone groups is 1. The lowest BCUT2D eigenvalue weighted by Gasteiger charge is -2.13. The molecule has 0 unspecified atom stereocenters. The molecule has 0 aliphatic carbocycles. The van der Waals surface area contributed by atoms with Crippen molar-refractivity contribution in [2.75, 3.05) is 5.75 Å². The molecule has 2 rings (SSSR count). The molecule has 1 aliphatic rings. The van der Waals surface area contributed by atoms with Gasteiger partial charge in [-0.05, 0) is 0 Å². The van der Waals surface area contributed by atoms with Gasteiger partial charge in [0.25, 0.3) is 0 Å². The third-order valence-electron chi connectivity index (χ3n) is 2.07. The Morgan fingerprint density at radius 3 is 2.93 bits per heavy atom. The average Bonchev–Trinajstić information content (AvgIpc) is 2.45. The molecule has 1 aromatic heterocycles. The maximum Gasteiger partial charge on any atom is 0.356 e. The number of nitrogens with zero attached hydrogens (tertiary/aromatic N) is 2. The largest absolute Gasteiger partial charge is 0.476 e. The van der Waals surface area contributed by atoms with E-state index in [0.29, 0.717) is 5.82 Å². The van der Waals surface area contributed by atoms with Crippen molar-refractivity contribution in [2.45, 2.75) is 12.3 Å². The van der Waals surface area contributed by atoms with Gasteiger partial charge in [0.15, 0.2) is 15.5 Å². The first-order chi connectivity index (χ1) is 6.48. The Morgan fingerprint density at radius 2 is 2.29 bits per heavy atom. The Bertz CT molecular complexity index is 488. The molecule has 1 aromatic rings. The quantitative estimate of drug-likeness (QED) is 0.684. The first-order valence-corrected chi connectivity index (χ1v) is 5.80. The fraction of sp³-hybridized carbons (Fsp3) is 0.429. The zero-order chi connectivity index (χ0) is 10.3. The highest BCUT2D eigenvalue weighted by molar-refractivity contribution is 7.90. The van der Waals surface area contributed by atoms with Crippen molar-refractivity contribution in [2.24, 2.45) is 0 Å². The highest BCUT2D eigenvalue weighted by Crippen LogP contribution is 2.14. The second-order valence-corrected chi connectivity index (χ2v) is 5.32. The molecule has 2 heterocycles. The van der Waals surface area contributed by atoms with Gasteiger partial charge in [-0.2, -0.15) is 0 Å². The van der Waals surface area contributed by atoms with Crippen LogP contribution in [-0.2, 0) is 22.1 Å². The number of rotatable bonds is 1. The normalized spacial score (nSPS) is 18.9. The summed E-state index contributed by atoms with van der Waals surface area (Å²) in [6.07, 6.45) is 1.37. The van der Waals surface area contributed by atoms with Crippen LogP contribution in [0.25, 0.3) is 0 Å². The number of carboxylic acid groups (broad SMARTS) is 1. The maximum absolute atomic E-state index is 11.2. The Hall–Kier alpha value is -1.37. The zero-order valence-electron chi connectivity index (χ0n) is 7.17. The van der Waals surface area contributed by atoms with Gasteiger partial charge >= 0.3 is 5.97 Å². The number of fused-ring (bicyclic) bond motifs is 1. The molecule has 0 fully saturated rings. The van der Waals surface area contributed by atoms with Crippen LogP contribution in [0, 0.1) is 0 Å². The van der Waals surface area contributed by atoms with Gasteiger partial charge in [-0.3, -0.25) is 0 Å². The molecular weight excluding hydrogens is 208 g/mol. The first-order valence-electron chi connectivity index (χ1n) is 3.98. The van der Waals surface area contributed by atoms with E-state index in [4.69, 9.17) is 5.11 Å². The van der Waals surface area contributed by atoms with Crippen LogP contribution in [0.3, 0.4) is 0 Å². The average molecular weight is 216 g/mol. The summed E-state index contributed by atoms with van der Waals surface area (Å²) in [7, 11) is -3.08. The number of carboxylic acids is 1. The summed E-state index contributed by atoms with van der Waals surface area (Å²) in [5, 5.41) is 8.64. The van der Waals surface area contributed by atoms with Gasteiger partial charge < -0.3 is 9.67 Å². The number of imidazole rings is 1. The lowest BCUT2D eigenvalue weighted by atomic mass is 10.5. The van der Waals surface area contributed by atoms with E-state index in [1.807, 2.05) is 0 Å². The number of aromatic nitrogens is 2. The zero-order valence-corrected chi connectivity index (χ0v) is 7.99. The summed E-state index contributed by atoms with van der Waals surface area (Å²) in [6.45, 7) is 0.290. The fourth-order valence-electron chi connectivity index (χ4n) is 1.37. The number of hydrogen-bond donors (Lipinski definition) is 1. The fourth-order valence-corrected chi connectivity index (χ4v) is 2.62. The van der Waals surface area contributed by atoms with E-state index < -0.39 is 15.8 Å². The molecule has 1 aliphatic heterocycles. The number of hydrogen-bond acceptors (Lipinski definition) is 4. The molecule has 6 nitrogen and oxygen atoms in total. The van der Waals surface area contributed by atoms with Gasteiger partial charge in [0.2, 0.25) is 0 Å². The first kappa shape index (κ1) is 9.20. The predicted octanol–water partition coefficient (Wildman–Crippen LogP) is -0.490. The van der Waals surface area contributed by atoms with Crippen molar-refractivity contribution in [3.05, 3.63) is 17.7 Å². The van der Waals surface area contributed by atoms with E-state index in [1.54, 1.807) is 4.57 Å². The van der Waals surface area contributed by atoms with Crippen molar-refractivity contribution in [1.82, 2.24) is 9.55 Å². The van der Waals surface area contributed by atoms with E-state index in [1.165, 1.54) is 6.20 Å². The van der Waals surface area contributed by atoms with Crippen LogP contribution in [0.5, 0.6) is 0 Å². The molecule has 0 aromatic carbocycles. The Balaban J connectivity index is 2.44. The third kappa shape index (κ3) is 1.50. The van der Waals surface area contributed by atoms with Gasteiger partial charge in [0, 0.05) is 12.7 Å². The van der Waals surface area contributed by atoms with Crippen molar-refractivity contribution in [1.29, 1.82) is 0 Å². The minimum atomic E-state index is -3.08. The van der Waals surface area contributed by atoms with Crippen LogP contribution in [0.4, 0.5) is 0 Å². The second-order valence-electron chi connectivity index (χ2n) is 3.13. The summed E-state index contributed by atoms with van der Waals surface area (Å²) in [6, 6.07) is 0. The molecule has 76 valence electrons. The number of aromatic carboxylic acids is 1. The summed E-state index contributed by atoms with van der Waals surface area (Å²) < 4.78 is 24.0. The van der Waals surface area contributed by atoms with Crippen LogP contribution >= 0.6 is 0 Å². The topological polar surface area (TPSA) is 89.3 Å². The van der Waals surface area contributed by atoms with Crippen LogP contribution in [0.2, 0.25) is 0 Å². The summed E-state index contributed by atoms with van der Waals surface area (Å²) in [5.41, 5.74) is -0.0999. The van der Waals surface area contributed by atoms with E-state index in [9.17, 15) is 13.2 Å². The molecule has 7 heteroatoms. The predicted molar refractivity (Wildman–Crippen MR) is 46.7 cm³/mol. The van der Waals surface area contributed by atoms with Crippen LogP contribution in [-0.4, -0.2) is 34.8 Å². The van der Waals surface area contributed by atoms with Crippen molar-refractivity contribution < 1.29 is 18.3 Å². The van der Waals surface area contributed by atoms with Gasteiger partial charge in [0.05, 0.1) is 5.75 Å². The van der Waals surface area contributed by atoms with E-state index >= 15 is 0 Å². The van der Waals surface area contributed by atoms with Crippen LogP contribution in [0.15, 0.2) is 6.20 Å². The minimum Gasteiger partial charge on any atom is -0.476 e. The highest BCUT2D eigenvalue weighted by Gasteiger charge is 2.24.